The Balaban J connectivity index is 1.36. The molecule has 248 valence electrons. The van der Waals surface area contributed by atoms with Crippen LogP contribution in [0.3, 0.4) is 0 Å². The number of aromatic amines is 2. The topological polar surface area (TPSA) is 130 Å². The molecule has 0 bridgehead atoms. The van der Waals surface area contributed by atoms with Crippen LogP contribution in [0, 0.1) is 0 Å². The van der Waals surface area contributed by atoms with Crippen LogP contribution in [0.4, 0.5) is 4.79 Å². The molecule has 0 aliphatic carbocycles. The summed E-state index contributed by atoms with van der Waals surface area (Å²) in [5.74, 6) is 1.09. The standard InChI is InChI=1S/C38H43N7O3/c1-37(2,3)48-36(47)42-38(4,5)35(46)41-32(22-27-24-40-31-18-12-10-16-29(27)31)34-44-43-33(21-25-13-7-6-8-14-25)45(34)20-19-26-23-39-30-17-11-9-15-28(26)30/h6-18,23-24,32,39-40H,19-22H2,1-5H3,(H,41,46)(H,42,47)/t32-/m1/s1. The highest BCUT2D eigenvalue weighted by Crippen LogP contribution is 2.27. The highest BCUT2D eigenvalue weighted by Gasteiger charge is 2.35. The van der Waals surface area contributed by atoms with Crippen LogP contribution in [-0.4, -0.2) is 47.9 Å². The maximum atomic E-state index is 14.0. The number of ether oxygens (including phenoxy) is 1. The molecule has 0 spiro atoms. The van der Waals surface area contributed by atoms with E-state index < -0.39 is 23.3 Å². The van der Waals surface area contributed by atoms with E-state index in [1.54, 1.807) is 34.6 Å². The Labute approximate surface area is 280 Å². The van der Waals surface area contributed by atoms with Crippen molar-refractivity contribution in [3.8, 4) is 0 Å². The molecule has 10 nitrogen and oxygen atoms in total. The predicted molar refractivity (Wildman–Crippen MR) is 188 cm³/mol. The lowest BCUT2D eigenvalue weighted by Gasteiger charge is -2.29. The average molecular weight is 646 g/mol. The van der Waals surface area contributed by atoms with Crippen LogP contribution in [0.2, 0.25) is 0 Å². The van der Waals surface area contributed by atoms with Crippen molar-refractivity contribution in [1.82, 2.24) is 35.4 Å². The zero-order valence-electron chi connectivity index (χ0n) is 28.1. The number of carbonyl (C=O) groups is 2. The number of para-hydroxylation sites is 2. The Morgan fingerprint density at radius 3 is 2.08 bits per heavy atom. The molecule has 3 heterocycles. The molecule has 48 heavy (non-hydrogen) atoms. The third kappa shape index (κ3) is 7.43. The summed E-state index contributed by atoms with van der Waals surface area (Å²) in [4.78, 5) is 33.4. The number of carbonyl (C=O) groups excluding carboxylic acids is 2. The van der Waals surface area contributed by atoms with Gasteiger partial charge in [0.2, 0.25) is 5.91 Å². The van der Waals surface area contributed by atoms with Crippen molar-refractivity contribution < 1.29 is 14.3 Å². The third-order valence-corrected chi connectivity index (χ3v) is 8.44. The molecule has 3 aromatic carbocycles. The van der Waals surface area contributed by atoms with Crippen molar-refractivity contribution in [2.24, 2.45) is 0 Å². The maximum absolute atomic E-state index is 14.0. The second-order valence-electron chi connectivity index (χ2n) is 13.7. The number of nitrogens with zero attached hydrogens (tertiary/aromatic N) is 3. The van der Waals surface area contributed by atoms with Crippen LogP contribution in [0.5, 0.6) is 0 Å². The summed E-state index contributed by atoms with van der Waals surface area (Å²) in [6, 6.07) is 26.0. The Hall–Kier alpha value is -5.38. The smallest absolute Gasteiger partial charge is 0.408 e. The first kappa shape index (κ1) is 32.6. The zero-order chi connectivity index (χ0) is 33.9. The first-order valence-electron chi connectivity index (χ1n) is 16.3. The molecule has 0 saturated carbocycles. The summed E-state index contributed by atoms with van der Waals surface area (Å²) in [6.07, 6.45) is 5.14. The molecule has 6 rings (SSSR count). The van der Waals surface area contributed by atoms with E-state index in [9.17, 15) is 9.59 Å². The van der Waals surface area contributed by atoms with Gasteiger partial charge in [-0.3, -0.25) is 4.79 Å². The van der Waals surface area contributed by atoms with Crippen molar-refractivity contribution >= 4 is 33.8 Å². The van der Waals surface area contributed by atoms with Gasteiger partial charge in [-0.25, -0.2) is 4.79 Å². The molecule has 3 aromatic heterocycles. The molecule has 0 aliphatic heterocycles. The molecule has 4 N–H and O–H groups in total. The first-order valence-corrected chi connectivity index (χ1v) is 16.3. The lowest BCUT2D eigenvalue weighted by molar-refractivity contribution is -0.127. The number of benzene rings is 3. The van der Waals surface area contributed by atoms with Gasteiger partial charge < -0.3 is 29.9 Å². The van der Waals surface area contributed by atoms with Crippen LogP contribution in [0.1, 0.15) is 69.0 Å². The Morgan fingerprint density at radius 2 is 1.42 bits per heavy atom. The van der Waals surface area contributed by atoms with Crippen molar-refractivity contribution in [2.45, 2.75) is 77.6 Å². The van der Waals surface area contributed by atoms with Gasteiger partial charge in [0.15, 0.2) is 5.82 Å². The van der Waals surface area contributed by atoms with Crippen molar-refractivity contribution in [3.63, 3.8) is 0 Å². The lowest BCUT2D eigenvalue weighted by atomic mass is 10.0. The number of hydrogen-bond acceptors (Lipinski definition) is 5. The number of nitrogens with one attached hydrogen (secondary N) is 4. The van der Waals surface area contributed by atoms with Crippen molar-refractivity contribution in [1.29, 1.82) is 0 Å². The second kappa shape index (κ2) is 13.4. The van der Waals surface area contributed by atoms with Gasteiger partial charge >= 0.3 is 6.09 Å². The summed E-state index contributed by atoms with van der Waals surface area (Å²) in [6.45, 7) is 9.29. The highest BCUT2D eigenvalue weighted by atomic mass is 16.6. The number of alkyl carbamates (subject to hydrolysis) is 1. The zero-order valence-corrected chi connectivity index (χ0v) is 28.1. The van der Waals surface area contributed by atoms with Gasteiger partial charge in [-0.1, -0.05) is 66.7 Å². The van der Waals surface area contributed by atoms with Crippen molar-refractivity contribution in [3.05, 3.63) is 120 Å². The number of amides is 2. The van der Waals surface area contributed by atoms with Crippen LogP contribution in [-0.2, 0) is 35.3 Å². The first-order chi connectivity index (χ1) is 23.0. The molecule has 0 aliphatic rings. The van der Waals surface area contributed by atoms with Gasteiger partial charge in [-0.05, 0) is 69.9 Å². The monoisotopic (exact) mass is 645 g/mol. The number of fused-ring (bicyclic) bond motifs is 2. The molecule has 6 aromatic rings. The van der Waals surface area contributed by atoms with Crippen molar-refractivity contribution in [2.75, 3.05) is 0 Å². The summed E-state index contributed by atoms with van der Waals surface area (Å²) in [5.41, 5.74) is 3.46. The Bertz CT molecular complexity index is 2030. The summed E-state index contributed by atoms with van der Waals surface area (Å²) in [5, 5.41) is 17.7. The van der Waals surface area contributed by atoms with Crippen LogP contribution < -0.4 is 10.6 Å². The minimum absolute atomic E-state index is 0.367. The Kier molecular flexibility index (Phi) is 9.08. The molecule has 10 heteroatoms. The van der Waals surface area contributed by atoms with E-state index in [1.165, 1.54) is 10.9 Å². The summed E-state index contributed by atoms with van der Waals surface area (Å²) in [7, 11) is 0. The molecular formula is C38H43N7O3. The third-order valence-electron chi connectivity index (χ3n) is 8.44. The van der Waals surface area contributed by atoms with E-state index in [0.29, 0.717) is 25.2 Å². The molecular weight excluding hydrogens is 602 g/mol. The minimum Gasteiger partial charge on any atom is -0.444 e. The Morgan fingerprint density at radius 1 is 0.812 bits per heavy atom. The van der Waals surface area contributed by atoms with Gasteiger partial charge in [0.05, 0.1) is 6.04 Å². The molecule has 0 unspecified atom stereocenters. The van der Waals surface area contributed by atoms with Gasteiger partial charge in [0.1, 0.15) is 17.0 Å². The fourth-order valence-corrected chi connectivity index (χ4v) is 6.01. The molecule has 0 radical (unpaired) electrons. The van der Waals surface area contributed by atoms with Gasteiger partial charge in [0.25, 0.3) is 0 Å². The normalized spacial score (nSPS) is 12.7. The van der Waals surface area contributed by atoms with E-state index in [2.05, 4.69) is 61.7 Å². The molecule has 2 amide bonds. The number of aryl methyl sites for hydroxylation is 1. The van der Waals surface area contributed by atoms with E-state index in [0.717, 1.165) is 39.8 Å². The van der Waals surface area contributed by atoms with E-state index >= 15 is 0 Å². The largest absolute Gasteiger partial charge is 0.444 e. The maximum Gasteiger partial charge on any atom is 0.408 e. The number of hydrogen-bond donors (Lipinski definition) is 4. The van der Waals surface area contributed by atoms with E-state index in [-0.39, 0.29) is 5.91 Å². The minimum atomic E-state index is -1.28. The second-order valence-corrected chi connectivity index (χ2v) is 13.7. The number of aromatic nitrogens is 5. The molecule has 0 saturated heterocycles. The quantitative estimate of drug-likeness (QED) is 0.124. The summed E-state index contributed by atoms with van der Waals surface area (Å²) >= 11 is 0. The predicted octanol–water partition coefficient (Wildman–Crippen LogP) is 6.78. The average Bonchev–Trinajstić information content (AvgIpc) is 3.76. The number of rotatable bonds is 11. The van der Waals surface area contributed by atoms with Gasteiger partial charge in [0, 0.05) is 53.6 Å². The SMILES string of the molecule is CC(C)(C)OC(=O)NC(C)(C)C(=O)N[C@H](Cc1c[nH]c2ccccc12)c1nnc(Cc2ccccc2)n1CCc1c[nH]c2ccccc12. The molecule has 1 atom stereocenters. The molecule has 0 fully saturated rings. The van der Waals surface area contributed by atoms with Crippen LogP contribution in [0.25, 0.3) is 21.8 Å². The van der Waals surface area contributed by atoms with Gasteiger partial charge in [-0.2, -0.15) is 0 Å². The fraction of sp³-hybridized carbons (Fsp3) is 0.316. The fourth-order valence-electron chi connectivity index (χ4n) is 6.01. The number of H-pyrrole nitrogens is 2. The van der Waals surface area contributed by atoms with Gasteiger partial charge in [-0.15, -0.1) is 10.2 Å². The lowest BCUT2D eigenvalue weighted by Crippen LogP contribution is -2.56. The van der Waals surface area contributed by atoms with E-state index in [1.807, 2.05) is 54.7 Å². The van der Waals surface area contributed by atoms with E-state index in [4.69, 9.17) is 14.9 Å². The summed E-state index contributed by atoms with van der Waals surface area (Å²) < 4.78 is 7.60. The van der Waals surface area contributed by atoms with Crippen LogP contribution in [0.15, 0.2) is 91.3 Å². The van der Waals surface area contributed by atoms with Crippen LogP contribution >= 0.6 is 0 Å². The highest BCUT2D eigenvalue weighted by molar-refractivity contribution is 5.89.